The highest BCUT2D eigenvalue weighted by molar-refractivity contribution is 5.66. The van der Waals surface area contributed by atoms with E-state index in [4.69, 9.17) is 4.74 Å². The van der Waals surface area contributed by atoms with Crippen molar-refractivity contribution in [2.75, 3.05) is 0 Å². The molecule has 0 saturated heterocycles. The average Bonchev–Trinajstić information content (AvgIpc) is 2.03. The van der Waals surface area contributed by atoms with Crippen LogP contribution in [0.1, 0.15) is 40.5 Å². The average molecular weight is 184 g/mol. The van der Waals surface area contributed by atoms with Gasteiger partial charge in [0.05, 0.1) is 0 Å². The van der Waals surface area contributed by atoms with Gasteiger partial charge < -0.3 is 4.74 Å². The van der Waals surface area contributed by atoms with E-state index in [2.05, 4.69) is 26.0 Å². The Balaban J connectivity index is 3.74. The Bertz CT molecular complexity index is 173. The molecule has 76 valence electrons. The first kappa shape index (κ1) is 12.2. The molecule has 0 spiro atoms. The smallest absolute Gasteiger partial charge is 0.302 e. The van der Waals surface area contributed by atoms with Crippen molar-refractivity contribution in [2.24, 2.45) is 5.92 Å². The Morgan fingerprint density at radius 1 is 1.38 bits per heavy atom. The molecule has 2 atom stereocenters. The first-order valence-electron chi connectivity index (χ1n) is 4.90. The molecule has 0 amide bonds. The number of esters is 1. The van der Waals surface area contributed by atoms with Crippen molar-refractivity contribution in [3.05, 3.63) is 12.2 Å². The van der Waals surface area contributed by atoms with Gasteiger partial charge >= 0.3 is 5.97 Å². The Labute approximate surface area is 81.0 Å². The van der Waals surface area contributed by atoms with E-state index in [-0.39, 0.29) is 12.1 Å². The molecule has 0 aromatic rings. The summed E-state index contributed by atoms with van der Waals surface area (Å²) in [4.78, 5) is 10.6. The third-order valence-electron chi connectivity index (χ3n) is 2.06. The van der Waals surface area contributed by atoms with Crippen LogP contribution >= 0.6 is 0 Å². The molecule has 0 heterocycles. The molecular formula is C11H20O2. The van der Waals surface area contributed by atoms with Crippen LogP contribution in [0.4, 0.5) is 0 Å². The van der Waals surface area contributed by atoms with E-state index in [1.165, 1.54) is 6.92 Å². The molecule has 0 rings (SSSR count). The van der Waals surface area contributed by atoms with E-state index in [9.17, 15) is 4.79 Å². The largest absolute Gasteiger partial charge is 0.463 e. The summed E-state index contributed by atoms with van der Waals surface area (Å²) in [5.74, 6) is 0.200. The third-order valence-corrected chi connectivity index (χ3v) is 2.06. The summed E-state index contributed by atoms with van der Waals surface area (Å²) < 4.78 is 5.07. The monoisotopic (exact) mass is 184 g/mol. The minimum Gasteiger partial charge on any atom is -0.463 e. The lowest BCUT2D eigenvalue weighted by Crippen LogP contribution is -2.20. The molecule has 0 aliphatic carbocycles. The van der Waals surface area contributed by atoms with E-state index >= 15 is 0 Å². The predicted octanol–water partition coefficient (Wildman–Crippen LogP) is 2.93. The summed E-state index contributed by atoms with van der Waals surface area (Å²) in [6.45, 7) is 7.58. The fourth-order valence-electron chi connectivity index (χ4n) is 1.05. The Hall–Kier alpha value is -0.790. The second-order valence-corrected chi connectivity index (χ2v) is 3.41. The fourth-order valence-corrected chi connectivity index (χ4v) is 1.05. The fraction of sp³-hybridized carbons (Fsp3) is 0.727. The lowest BCUT2D eigenvalue weighted by molar-refractivity contribution is -0.147. The van der Waals surface area contributed by atoms with Crippen LogP contribution in [0.25, 0.3) is 0 Å². The van der Waals surface area contributed by atoms with Gasteiger partial charge in [0.1, 0.15) is 6.10 Å². The topological polar surface area (TPSA) is 26.3 Å². The van der Waals surface area contributed by atoms with Crippen molar-refractivity contribution >= 4 is 5.97 Å². The molecule has 0 N–H and O–H groups in total. The summed E-state index contributed by atoms with van der Waals surface area (Å²) in [5.41, 5.74) is 0. The second-order valence-electron chi connectivity index (χ2n) is 3.41. The van der Waals surface area contributed by atoms with Gasteiger partial charge in [-0.15, -0.1) is 0 Å². The molecule has 2 nitrogen and oxygen atoms in total. The molecule has 13 heavy (non-hydrogen) atoms. The molecule has 0 fully saturated rings. The van der Waals surface area contributed by atoms with E-state index in [1.807, 2.05) is 6.92 Å². The van der Waals surface area contributed by atoms with Crippen LogP contribution in [0.3, 0.4) is 0 Å². The molecule has 0 aliphatic heterocycles. The van der Waals surface area contributed by atoms with Gasteiger partial charge in [0.2, 0.25) is 0 Å². The van der Waals surface area contributed by atoms with Crippen LogP contribution in [0, 0.1) is 5.92 Å². The highest BCUT2D eigenvalue weighted by Crippen LogP contribution is 2.12. The zero-order chi connectivity index (χ0) is 10.3. The predicted molar refractivity (Wildman–Crippen MR) is 54.4 cm³/mol. The van der Waals surface area contributed by atoms with Gasteiger partial charge in [0.25, 0.3) is 0 Å². The molecule has 0 radical (unpaired) electrons. The zero-order valence-electron chi connectivity index (χ0n) is 9.04. The maximum Gasteiger partial charge on any atom is 0.302 e. The highest BCUT2D eigenvalue weighted by atomic mass is 16.5. The van der Waals surface area contributed by atoms with E-state index < -0.39 is 0 Å². The standard InChI is InChI=1S/C11H20O2/c1-5-6-7-8-9(2)10(3)13-11(4)12/h6-7,9-10H,5,8H2,1-4H3. The van der Waals surface area contributed by atoms with Gasteiger partial charge in [-0.2, -0.15) is 0 Å². The number of ether oxygens (including phenoxy) is 1. The van der Waals surface area contributed by atoms with Crippen molar-refractivity contribution < 1.29 is 9.53 Å². The van der Waals surface area contributed by atoms with Gasteiger partial charge in [-0.3, -0.25) is 4.79 Å². The quantitative estimate of drug-likeness (QED) is 0.485. The summed E-state index contributed by atoms with van der Waals surface area (Å²) >= 11 is 0. The second kappa shape index (κ2) is 6.70. The van der Waals surface area contributed by atoms with Crippen molar-refractivity contribution in [3.8, 4) is 0 Å². The Morgan fingerprint density at radius 3 is 2.46 bits per heavy atom. The van der Waals surface area contributed by atoms with Crippen molar-refractivity contribution in [2.45, 2.75) is 46.6 Å². The summed E-state index contributed by atoms with van der Waals surface area (Å²) in [7, 11) is 0. The van der Waals surface area contributed by atoms with Crippen molar-refractivity contribution in [1.29, 1.82) is 0 Å². The van der Waals surface area contributed by atoms with Crippen LogP contribution in [0.15, 0.2) is 12.2 Å². The molecule has 0 aromatic carbocycles. The van der Waals surface area contributed by atoms with Crippen LogP contribution < -0.4 is 0 Å². The lowest BCUT2D eigenvalue weighted by Gasteiger charge is -2.17. The maximum atomic E-state index is 10.6. The molecule has 0 aromatic heterocycles. The first-order valence-corrected chi connectivity index (χ1v) is 4.90. The van der Waals surface area contributed by atoms with Gasteiger partial charge in [-0.25, -0.2) is 0 Å². The van der Waals surface area contributed by atoms with E-state index in [1.54, 1.807) is 0 Å². The molecule has 0 aliphatic rings. The minimum absolute atomic E-state index is 0.0130. The van der Waals surface area contributed by atoms with Gasteiger partial charge in [0.15, 0.2) is 0 Å². The van der Waals surface area contributed by atoms with Crippen LogP contribution in [-0.4, -0.2) is 12.1 Å². The van der Waals surface area contributed by atoms with E-state index in [0.717, 1.165) is 12.8 Å². The Morgan fingerprint density at radius 2 is 2.00 bits per heavy atom. The Kier molecular flexibility index (Phi) is 6.29. The summed E-state index contributed by atoms with van der Waals surface area (Å²) in [6, 6.07) is 0. The van der Waals surface area contributed by atoms with Crippen molar-refractivity contribution in [3.63, 3.8) is 0 Å². The minimum atomic E-state index is -0.196. The van der Waals surface area contributed by atoms with Gasteiger partial charge in [0, 0.05) is 6.92 Å². The number of rotatable bonds is 5. The third kappa shape index (κ3) is 6.38. The molecule has 2 unspecified atom stereocenters. The summed E-state index contributed by atoms with van der Waals surface area (Å²) in [6.07, 6.45) is 6.33. The maximum absolute atomic E-state index is 10.6. The number of carbonyl (C=O) groups is 1. The van der Waals surface area contributed by atoms with E-state index in [0.29, 0.717) is 5.92 Å². The number of hydrogen-bond donors (Lipinski definition) is 0. The molecule has 0 bridgehead atoms. The number of allylic oxidation sites excluding steroid dienone is 2. The van der Waals surface area contributed by atoms with Crippen molar-refractivity contribution in [1.82, 2.24) is 0 Å². The van der Waals surface area contributed by atoms with Crippen LogP contribution in [-0.2, 0) is 9.53 Å². The first-order chi connectivity index (χ1) is 6.07. The highest BCUT2D eigenvalue weighted by Gasteiger charge is 2.12. The lowest BCUT2D eigenvalue weighted by atomic mass is 10.0. The molecular weight excluding hydrogens is 164 g/mol. The van der Waals surface area contributed by atoms with Gasteiger partial charge in [-0.05, 0) is 25.7 Å². The number of carbonyl (C=O) groups excluding carboxylic acids is 1. The summed E-state index contributed by atoms with van der Waals surface area (Å²) in [5, 5.41) is 0. The number of hydrogen-bond acceptors (Lipinski definition) is 2. The van der Waals surface area contributed by atoms with Gasteiger partial charge in [-0.1, -0.05) is 26.0 Å². The zero-order valence-corrected chi connectivity index (χ0v) is 9.04. The molecule has 2 heteroatoms. The van der Waals surface area contributed by atoms with Crippen LogP contribution in [0.5, 0.6) is 0 Å². The van der Waals surface area contributed by atoms with Crippen LogP contribution in [0.2, 0.25) is 0 Å². The molecule has 0 saturated carbocycles. The normalized spacial score (nSPS) is 15.7. The SMILES string of the molecule is CCC=CCC(C)C(C)OC(C)=O.